The van der Waals surface area contributed by atoms with E-state index in [1.54, 1.807) is 0 Å². The summed E-state index contributed by atoms with van der Waals surface area (Å²) in [6.45, 7) is 4.06. The van der Waals surface area contributed by atoms with Gasteiger partial charge in [-0.3, -0.25) is 4.79 Å². The van der Waals surface area contributed by atoms with Crippen LogP contribution in [0.4, 0.5) is 0 Å². The van der Waals surface area contributed by atoms with Gasteiger partial charge in [0.25, 0.3) is 0 Å². The third-order valence-corrected chi connectivity index (χ3v) is 3.94. The normalized spacial score (nSPS) is 27.9. The number of amides is 1. The first-order chi connectivity index (χ1) is 9.29. The van der Waals surface area contributed by atoms with Crippen LogP contribution in [0.3, 0.4) is 0 Å². The fourth-order valence-electron chi connectivity index (χ4n) is 2.84. The number of ether oxygens (including phenoxy) is 1. The Morgan fingerprint density at radius 3 is 3.05 bits per heavy atom. The van der Waals surface area contributed by atoms with Crippen molar-refractivity contribution in [3.8, 4) is 6.07 Å². The molecule has 0 bridgehead atoms. The molecule has 1 N–H and O–H groups in total. The molecule has 2 saturated heterocycles. The van der Waals surface area contributed by atoms with E-state index in [0.717, 1.165) is 51.9 Å². The highest BCUT2D eigenvalue weighted by Crippen LogP contribution is 2.17. The molecule has 0 spiro atoms. The van der Waals surface area contributed by atoms with E-state index in [2.05, 4.69) is 16.3 Å². The number of nitrogens with one attached hydrogen (secondary N) is 1. The Kier molecular flexibility index (Phi) is 5.62. The fraction of sp³-hybridized carbons (Fsp3) is 0.857. The molecular weight excluding hydrogens is 242 g/mol. The molecule has 0 aliphatic carbocycles. The molecule has 19 heavy (non-hydrogen) atoms. The van der Waals surface area contributed by atoms with Crippen LogP contribution in [0.15, 0.2) is 0 Å². The quantitative estimate of drug-likeness (QED) is 0.802. The molecule has 0 aromatic heterocycles. The Morgan fingerprint density at radius 2 is 2.32 bits per heavy atom. The van der Waals surface area contributed by atoms with Gasteiger partial charge in [0.05, 0.1) is 18.1 Å². The molecule has 1 amide bonds. The van der Waals surface area contributed by atoms with E-state index < -0.39 is 0 Å². The first kappa shape index (κ1) is 14.3. The number of carbonyl (C=O) groups excluding carboxylic acids is 1. The number of carbonyl (C=O) groups is 1. The van der Waals surface area contributed by atoms with Gasteiger partial charge in [-0.15, -0.1) is 0 Å². The molecule has 0 aromatic carbocycles. The second kappa shape index (κ2) is 7.46. The molecule has 106 valence electrons. The predicted octanol–water partition coefficient (Wildman–Crippen LogP) is 0.907. The lowest BCUT2D eigenvalue weighted by atomic mass is 9.97. The van der Waals surface area contributed by atoms with Crippen LogP contribution in [-0.4, -0.2) is 49.7 Å². The van der Waals surface area contributed by atoms with E-state index in [4.69, 9.17) is 10.00 Å². The van der Waals surface area contributed by atoms with Gasteiger partial charge in [-0.2, -0.15) is 5.26 Å². The highest BCUT2D eigenvalue weighted by Gasteiger charge is 2.26. The van der Waals surface area contributed by atoms with Crippen molar-refractivity contribution in [2.75, 3.05) is 32.8 Å². The van der Waals surface area contributed by atoms with Crippen molar-refractivity contribution in [2.45, 2.75) is 38.2 Å². The van der Waals surface area contributed by atoms with Gasteiger partial charge in [0.15, 0.2) is 0 Å². The highest BCUT2D eigenvalue weighted by molar-refractivity contribution is 5.79. The number of hydrogen-bond acceptors (Lipinski definition) is 4. The maximum Gasteiger partial charge on any atom is 0.224 e. The van der Waals surface area contributed by atoms with Crippen molar-refractivity contribution < 1.29 is 9.53 Å². The van der Waals surface area contributed by atoms with Crippen LogP contribution in [0.5, 0.6) is 0 Å². The third kappa shape index (κ3) is 4.48. The van der Waals surface area contributed by atoms with E-state index in [1.165, 1.54) is 0 Å². The SMILES string of the molecule is N#CCCN1CCCC(C(=O)NCC2CCCO2)C1. The molecule has 5 heteroatoms. The second-order valence-corrected chi connectivity index (χ2v) is 5.43. The zero-order valence-electron chi connectivity index (χ0n) is 11.4. The molecule has 0 radical (unpaired) electrons. The lowest BCUT2D eigenvalue weighted by molar-refractivity contribution is -0.127. The van der Waals surface area contributed by atoms with Gasteiger partial charge in [0.1, 0.15) is 0 Å². The molecule has 0 aromatic rings. The van der Waals surface area contributed by atoms with Gasteiger partial charge in [-0.1, -0.05) is 0 Å². The maximum atomic E-state index is 12.1. The van der Waals surface area contributed by atoms with Gasteiger partial charge in [-0.05, 0) is 32.2 Å². The minimum Gasteiger partial charge on any atom is -0.376 e. The Balaban J connectivity index is 1.70. The number of nitrogens with zero attached hydrogens (tertiary/aromatic N) is 2. The van der Waals surface area contributed by atoms with Gasteiger partial charge >= 0.3 is 0 Å². The van der Waals surface area contributed by atoms with Crippen molar-refractivity contribution >= 4 is 5.91 Å². The van der Waals surface area contributed by atoms with E-state index >= 15 is 0 Å². The largest absolute Gasteiger partial charge is 0.376 e. The summed E-state index contributed by atoms with van der Waals surface area (Å²) in [5.41, 5.74) is 0. The number of nitriles is 1. The summed E-state index contributed by atoms with van der Waals surface area (Å²) in [7, 11) is 0. The zero-order valence-corrected chi connectivity index (χ0v) is 11.4. The molecule has 0 saturated carbocycles. The summed E-state index contributed by atoms with van der Waals surface area (Å²) in [6, 6.07) is 2.16. The van der Waals surface area contributed by atoms with Gasteiger partial charge < -0.3 is 15.0 Å². The van der Waals surface area contributed by atoms with Crippen LogP contribution >= 0.6 is 0 Å². The monoisotopic (exact) mass is 265 g/mol. The third-order valence-electron chi connectivity index (χ3n) is 3.94. The van der Waals surface area contributed by atoms with Gasteiger partial charge in [-0.25, -0.2) is 0 Å². The van der Waals surface area contributed by atoms with Gasteiger partial charge in [0, 0.05) is 32.7 Å². The van der Waals surface area contributed by atoms with E-state index in [1.807, 2.05) is 0 Å². The molecule has 2 atom stereocenters. The summed E-state index contributed by atoms with van der Waals surface area (Å²) in [6.07, 6.45) is 4.92. The van der Waals surface area contributed by atoms with Crippen LogP contribution in [-0.2, 0) is 9.53 Å². The highest BCUT2D eigenvalue weighted by atomic mass is 16.5. The lowest BCUT2D eigenvalue weighted by Gasteiger charge is -2.31. The molecular formula is C14H23N3O2. The first-order valence-electron chi connectivity index (χ1n) is 7.28. The molecule has 2 unspecified atom stereocenters. The minimum atomic E-state index is 0.0776. The molecule has 2 heterocycles. The molecule has 2 rings (SSSR count). The Labute approximate surface area is 114 Å². The molecule has 2 aliphatic rings. The molecule has 2 aliphatic heterocycles. The number of piperidine rings is 1. The standard InChI is InChI=1S/C14H23N3O2/c15-6-3-8-17-7-1-4-12(11-17)14(18)16-10-13-5-2-9-19-13/h12-13H,1-5,7-11H2,(H,16,18). The minimum absolute atomic E-state index is 0.0776. The Morgan fingerprint density at radius 1 is 1.42 bits per heavy atom. The van der Waals surface area contributed by atoms with Crippen LogP contribution in [0, 0.1) is 17.2 Å². The number of rotatable bonds is 5. The van der Waals surface area contributed by atoms with E-state index in [9.17, 15) is 4.79 Å². The molecule has 5 nitrogen and oxygen atoms in total. The Bertz CT molecular complexity index is 334. The maximum absolute atomic E-state index is 12.1. The smallest absolute Gasteiger partial charge is 0.224 e. The average Bonchev–Trinajstić information content (AvgIpc) is 2.96. The van der Waals surface area contributed by atoms with Crippen LogP contribution in [0.2, 0.25) is 0 Å². The lowest BCUT2D eigenvalue weighted by Crippen LogP contribution is -2.44. The number of likely N-dealkylation sites (tertiary alicyclic amines) is 1. The summed E-state index contributed by atoms with van der Waals surface area (Å²) < 4.78 is 5.50. The molecule has 2 fully saturated rings. The van der Waals surface area contributed by atoms with Crippen molar-refractivity contribution in [1.29, 1.82) is 5.26 Å². The zero-order chi connectivity index (χ0) is 13.5. The Hall–Kier alpha value is -1.12. The van der Waals surface area contributed by atoms with Gasteiger partial charge in [0.2, 0.25) is 5.91 Å². The summed E-state index contributed by atoms with van der Waals surface area (Å²) in [4.78, 5) is 14.3. The van der Waals surface area contributed by atoms with Crippen LogP contribution in [0.25, 0.3) is 0 Å². The van der Waals surface area contributed by atoms with Crippen molar-refractivity contribution in [1.82, 2.24) is 10.2 Å². The van der Waals surface area contributed by atoms with Crippen molar-refractivity contribution in [2.24, 2.45) is 5.92 Å². The predicted molar refractivity (Wildman–Crippen MR) is 71.4 cm³/mol. The first-order valence-corrected chi connectivity index (χ1v) is 7.28. The van der Waals surface area contributed by atoms with E-state index in [0.29, 0.717) is 13.0 Å². The topological polar surface area (TPSA) is 65.4 Å². The second-order valence-electron chi connectivity index (χ2n) is 5.43. The van der Waals surface area contributed by atoms with Crippen LogP contribution in [0.1, 0.15) is 32.1 Å². The summed E-state index contributed by atoms with van der Waals surface area (Å²) in [5.74, 6) is 0.228. The summed E-state index contributed by atoms with van der Waals surface area (Å²) >= 11 is 0. The summed E-state index contributed by atoms with van der Waals surface area (Å²) in [5, 5.41) is 11.6. The fourth-order valence-corrected chi connectivity index (χ4v) is 2.84. The van der Waals surface area contributed by atoms with Crippen molar-refractivity contribution in [3.05, 3.63) is 0 Å². The van der Waals surface area contributed by atoms with Crippen molar-refractivity contribution in [3.63, 3.8) is 0 Å². The van der Waals surface area contributed by atoms with Crippen LogP contribution < -0.4 is 5.32 Å². The van der Waals surface area contributed by atoms with E-state index in [-0.39, 0.29) is 17.9 Å². The number of hydrogen-bond donors (Lipinski definition) is 1. The average molecular weight is 265 g/mol.